The van der Waals surface area contributed by atoms with Crippen LogP contribution in [0.2, 0.25) is 5.02 Å². The lowest BCUT2D eigenvalue weighted by atomic mass is 10.0. The number of benzene rings is 2. The topological polar surface area (TPSA) is 80.4 Å². The van der Waals surface area contributed by atoms with E-state index in [0.29, 0.717) is 12.1 Å². The number of alkyl halides is 3. The summed E-state index contributed by atoms with van der Waals surface area (Å²) in [4.78, 5) is 22.0. The number of phenolic OH excluding ortho intramolecular Hbond substituents is 1. The Morgan fingerprint density at radius 1 is 1.17 bits per heavy atom. The first kappa shape index (κ1) is 16.8. The van der Waals surface area contributed by atoms with Gasteiger partial charge in [-0.3, -0.25) is 14.9 Å². The van der Waals surface area contributed by atoms with Gasteiger partial charge < -0.3 is 5.11 Å². The zero-order valence-corrected chi connectivity index (χ0v) is 11.9. The quantitative estimate of drug-likeness (QED) is 0.513. The van der Waals surface area contributed by atoms with E-state index >= 15 is 0 Å². The number of nitrogens with zero attached hydrogens (tertiary/aromatic N) is 1. The van der Waals surface area contributed by atoms with Crippen molar-refractivity contribution in [2.24, 2.45) is 0 Å². The first-order valence-corrected chi connectivity index (χ1v) is 6.38. The van der Waals surface area contributed by atoms with Gasteiger partial charge in [0.2, 0.25) is 0 Å². The summed E-state index contributed by atoms with van der Waals surface area (Å²) in [5.41, 5.74) is -1.96. The van der Waals surface area contributed by atoms with Gasteiger partial charge in [0.15, 0.2) is 11.5 Å². The van der Waals surface area contributed by atoms with Crippen LogP contribution < -0.4 is 0 Å². The van der Waals surface area contributed by atoms with Crippen molar-refractivity contribution < 1.29 is 28.0 Å². The summed E-state index contributed by atoms with van der Waals surface area (Å²) in [5, 5.41) is 19.7. The molecule has 2 aromatic carbocycles. The standard InChI is InChI=1S/C14H7ClF3NO4/c15-10-6-8(14(16,17)18)2-3-9(10)13(21)7-1-4-11(19(22)23)12(20)5-7/h1-6,20H. The second kappa shape index (κ2) is 5.88. The van der Waals surface area contributed by atoms with Crippen LogP contribution in [0.4, 0.5) is 18.9 Å². The van der Waals surface area contributed by atoms with Crippen LogP contribution in [-0.4, -0.2) is 15.8 Å². The number of carbonyl (C=O) groups excluding carboxylic acids is 1. The molecular formula is C14H7ClF3NO4. The van der Waals surface area contributed by atoms with Crippen molar-refractivity contribution >= 4 is 23.1 Å². The molecule has 2 rings (SSSR count). The summed E-state index contributed by atoms with van der Waals surface area (Å²) in [5.74, 6) is -1.50. The number of nitro groups is 1. The molecule has 0 heterocycles. The van der Waals surface area contributed by atoms with Crippen molar-refractivity contribution in [1.29, 1.82) is 0 Å². The van der Waals surface area contributed by atoms with E-state index in [1.807, 2.05) is 0 Å². The molecule has 0 atom stereocenters. The third-order valence-corrected chi connectivity index (χ3v) is 3.29. The Labute approximate surface area is 132 Å². The number of ketones is 1. The van der Waals surface area contributed by atoms with Crippen LogP contribution in [0.5, 0.6) is 5.75 Å². The number of aromatic hydroxyl groups is 1. The Kier molecular flexibility index (Phi) is 4.28. The summed E-state index contributed by atoms with van der Waals surface area (Å²) in [7, 11) is 0. The lowest BCUT2D eigenvalue weighted by Gasteiger charge is -2.09. The first-order chi connectivity index (χ1) is 10.6. The predicted octanol–water partition coefficient (Wildman–Crippen LogP) is 4.20. The molecule has 120 valence electrons. The first-order valence-electron chi connectivity index (χ1n) is 6.00. The van der Waals surface area contributed by atoms with Crippen molar-refractivity contribution in [2.45, 2.75) is 6.18 Å². The highest BCUT2D eigenvalue weighted by atomic mass is 35.5. The Balaban J connectivity index is 2.41. The molecule has 0 aliphatic rings. The van der Waals surface area contributed by atoms with Gasteiger partial charge in [0.05, 0.1) is 15.5 Å². The number of halogens is 4. The molecule has 2 aromatic rings. The van der Waals surface area contributed by atoms with Crippen LogP contribution in [0.25, 0.3) is 0 Å². The molecule has 1 N–H and O–H groups in total. The average Bonchev–Trinajstić information content (AvgIpc) is 2.45. The lowest BCUT2D eigenvalue weighted by Crippen LogP contribution is -2.07. The highest BCUT2D eigenvalue weighted by molar-refractivity contribution is 6.35. The molecule has 0 aliphatic carbocycles. The van der Waals surface area contributed by atoms with Crippen LogP contribution >= 0.6 is 11.6 Å². The van der Waals surface area contributed by atoms with Gasteiger partial charge in [0.25, 0.3) is 0 Å². The smallest absolute Gasteiger partial charge is 0.416 e. The van der Waals surface area contributed by atoms with Gasteiger partial charge in [-0.2, -0.15) is 13.2 Å². The highest BCUT2D eigenvalue weighted by Gasteiger charge is 2.31. The van der Waals surface area contributed by atoms with E-state index in [4.69, 9.17) is 11.6 Å². The maximum absolute atomic E-state index is 12.6. The van der Waals surface area contributed by atoms with Crippen LogP contribution in [0.15, 0.2) is 36.4 Å². The molecular weight excluding hydrogens is 339 g/mol. The van der Waals surface area contributed by atoms with E-state index in [-0.39, 0.29) is 11.1 Å². The Bertz CT molecular complexity index is 805. The maximum Gasteiger partial charge on any atom is 0.416 e. The van der Waals surface area contributed by atoms with E-state index < -0.39 is 38.9 Å². The van der Waals surface area contributed by atoms with Gasteiger partial charge in [-0.15, -0.1) is 0 Å². The Hall–Kier alpha value is -2.61. The van der Waals surface area contributed by atoms with Crippen molar-refractivity contribution in [3.63, 3.8) is 0 Å². The number of carbonyl (C=O) groups is 1. The summed E-state index contributed by atoms with van der Waals surface area (Å²) < 4.78 is 37.7. The van der Waals surface area contributed by atoms with Crippen molar-refractivity contribution in [1.82, 2.24) is 0 Å². The van der Waals surface area contributed by atoms with E-state index in [1.54, 1.807) is 0 Å². The fourth-order valence-corrected chi connectivity index (χ4v) is 2.12. The van der Waals surface area contributed by atoms with Gasteiger partial charge in [-0.25, -0.2) is 0 Å². The van der Waals surface area contributed by atoms with Gasteiger partial charge in [-0.1, -0.05) is 11.6 Å². The van der Waals surface area contributed by atoms with Crippen LogP contribution in [0.1, 0.15) is 21.5 Å². The molecule has 0 fully saturated rings. The molecule has 0 amide bonds. The fourth-order valence-electron chi connectivity index (χ4n) is 1.85. The molecule has 0 aliphatic heterocycles. The Morgan fingerprint density at radius 3 is 2.30 bits per heavy atom. The van der Waals surface area contributed by atoms with Gasteiger partial charge in [-0.05, 0) is 30.3 Å². The zero-order chi connectivity index (χ0) is 17.4. The Morgan fingerprint density at radius 2 is 1.83 bits per heavy atom. The summed E-state index contributed by atoms with van der Waals surface area (Å²) >= 11 is 5.71. The van der Waals surface area contributed by atoms with E-state index in [2.05, 4.69) is 0 Å². The summed E-state index contributed by atoms with van der Waals surface area (Å²) in [6.45, 7) is 0. The molecule has 0 saturated heterocycles. The third kappa shape index (κ3) is 3.42. The van der Waals surface area contributed by atoms with Crippen molar-refractivity contribution in [2.75, 3.05) is 0 Å². The molecule has 9 heteroatoms. The lowest BCUT2D eigenvalue weighted by molar-refractivity contribution is -0.385. The largest absolute Gasteiger partial charge is 0.502 e. The van der Waals surface area contributed by atoms with E-state index in [1.165, 1.54) is 0 Å². The molecule has 0 aromatic heterocycles. The molecule has 0 unspecified atom stereocenters. The van der Waals surface area contributed by atoms with Gasteiger partial charge >= 0.3 is 11.9 Å². The molecule has 0 saturated carbocycles. The number of hydrogen-bond donors (Lipinski definition) is 1. The second-order valence-corrected chi connectivity index (χ2v) is 4.89. The van der Waals surface area contributed by atoms with Gasteiger partial charge in [0, 0.05) is 17.2 Å². The fraction of sp³-hybridized carbons (Fsp3) is 0.0714. The number of phenols is 1. The van der Waals surface area contributed by atoms with E-state index in [9.17, 15) is 33.2 Å². The minimum absolute atomic E-state index is 0.144. The third-order valence-electron chi connectivity index (χ3n) is 2.98. The zero-order valence-electron chi connectivity index (χ0n) is 11.1. The SMILES string of the molecule is O=C(c1ccc([N+](=O)[O-])c(O)c1)c1ccc(C(F)(F)F)cc1Cl. The molecule has 0 spiro atoms. The van der Waals surface area contributed by atoms with Crippen LogP contribution in [0, 0.1) is 10.1 Å². The number of hydrogen-bond acceptors (Lipinski definition) is 4. The minimum atomic E-state index is -4.60. The van der Waals surface area contributed by atoms with Crippen LogP contribution in [0.3, 0.4) is 0 Å². The maximum atomic E-state index is 12.6. The van der Waals surface area contributed by atoms with E-state index in [0.717, 1.165) is 24.3 Å². The second-order valence-electron chi connectivity index (χ2n) is 4.48. The predicted molar refractivity (Wildman–Crippen MR) is 74.6 cm³/mol. The number of nitro benzene ring substituents is 1. The normalized spacial score (nSPS) is 11.3. The molecule has 23 heavy (non-hydrogen) atoms. The molecule has 0 bridgehead atoms. The average molecular weight is 346 g/mol. The van der Waals surface area contributed by atoms with Crippen LogP contribution in [-0.2, 0) is 6.18 Å². The minimum Gasteiger partial charge on any atom is -0.502 e. The van der Waals surface area contributed by atoms with Crippen molar-refractivity contribution in [3.05, 3.63) is 68.2 Å². The highest BCUT2D eigenvalue weighted by Crippen LogP contribution is 2.33. The summed E-state index contributed by atoms with van der Waals surface area (Å²) in [6, 6.07) is 5.07. The molecule has 0 radical (unpaired) electrons. The monoisotopic (exact) mass is 345 g/mol. The van der Waals surface area contributed by atoms with Gasteiger partial charge in [0.1, 0.15) is 0 Å². The molecule has 5 nitrogen and oxygen atoms in total. The van der Waals surface area contributed by atoms with Crippen molar-refractivity contribution in [3.8, 4) is 5.75 Å². The summed E-state index contributed by atoms with van der Waals surface area (Å²) in [6.07, 6.45) is -4.60. The number of rotatable bonds is 3.